The van der Waals surface area contributed by atoms with Gasteiger partial charge in [0.05, 0.1) is 7.11 Å². The Bertz CT molecular complexity index is 678. The molecule has 0 saturated heterocycles. The van der Waals surface area contributed by atoms with Crippen LogP contribution in [0.15, 0.2) is 36.4 Å². The van der Waals surface area contributed by atoms with Gasteiger partial charge in [-0.2, -0.15) is 0 Å². The highest BCUT2D eigenvalue weighted by molar-refractivity contribution is 5.84. The Kier molecular flexibility index (Phi) is 5.01. The minimum atomic E-state index is -0.0632. The van der Waals surface area contributed by atoms with Crippen LogP contribution >= 0.6 is 0 Å². The second kappa shape index (κ2) is 7.36. The fourth-order valence-electron chi connectivity index (χ4n) is 3.18. The first-order valence-electron chi connectivity index (χ1n) is 8.35. The quantitative estimate of drug-likeness (QED) is 0.897. The summed E-state index contributed by atoms with van der Waals surface area (Å²) in [6, 6.07) is 12.5. The molecule has 0 heterocycles. The zero-order chi connectivity index (χ0) is 16.1. The summed E-state index contributed by atoms with van der Waals surface area (Å²) in [5.74, 6) is 0.857. The van der Waals surface area contributed by atoms with Crippen LogP contribution in [-0.4, -0.2) is 19.2 Å². The van der Waals surface area contributed by atoms with Gasteiger partial charge in [-0.3, -0.25) is 0 Å². The van der Waals surface area contributed by atoms with Gasteiger partial charge >= 0.3 is 6.03 Å². The van der Waals surface area contributed by atoms with Crippen molar-refractivity contribution in [3.05, 3.63) is 42.0 Å². The molecule has 0 aromatic heterocycles. The van der Waals surface area contributed by atoms with Gasteiger partial charge in [0.25, 0.3) is 0 Å². The molecule has 4 nitrogen and oxygen atoms in total. The van der Waals surface area contributed by atoms with Gasteiger partial charge in [0, 0.05) is 12.6 Å². The van der Waals surface area contributed by atoms with E-state index in [0.717, 1.165) is 34.9 Å². The first-order valence-corrected chi connectivity index (χ1v) is 8.35. The minimum Gasteiger partial charge on any atom is -0.497 e. The van der Waals surface area contributed by atoms with Crippen molar-refractivity contribution in [1.82, 2.24) is 10.6 Å². The summed E-state index contributed by atoms with van der Waals surface area (Å²) in [6.07, 6.45) is 5.94. The molecule has 0 spiro atoms. The molecule has 2 N–H and O–H groups in total. The monoisotopic (exact) mass is 312 g/mol. The normalized spacial score (nSPS) is 15.3. The molecule has 4 heteroatoms. The van der Waals surface area contributed by atoms with E-state index < -0.39 is 0 Å². The van der Waals surface area contributed by atoms with Gasteiger partial charge in [-0.1, -0.05) is 37.5 Å². The van der Waals surface area contributed by atoms with Gasteiger partial charge in [0.1, 0.15) is 5.75 Å². The lowest BCUT2D eigenvalue weighted by molar-refractivity contribution is 0.232. The second-order valence-corrected chi connectivity index (χ2v) is 6.21. The largest absolute Gasteiger partial charge is 0.497 e. The molecule has 0 aliphatic heterocycles. The van der Waals surface area contributed by atoms with Gasteiger partial charge in [-0.25, -0.2) is 4.79 Å². The van der Waals surface area contributed by atoms with Crippen LogP contribution in [0.2, 0.25) is 0 Å². The lowest BCUT2D eigenvalue weighted by Crippen LogP contribution is -2.42. The summed E-state index contributed by atoms with van der Waals surface area (Å²) < 4.78 is 5.24. The molecule has 1 aliphatic carbocycles. The van der Waals surface area contributed by atoms with Crippen LogP contribution in [-0.2, 0) is 6.54 Å². The van der Waals surface area contributed by atoms with E-state index in [2.05, 4.69) is 22.8 Å². The molecule has 0 bridgehead atoms. The summed E-state index contributed by atoms with van der Waals surface area (Å²) in [6.45, 7) is 0.542. The number of rotatable bonds is 4. The number of fused-ring (bicyclic) bond motifs is 1. The number of hydrogen-bond donors (Lipinski definition) is 2. The molecule has 2 aromatic carbocycles. The highest BCUT2D eigenvalue weighted by Crippen LogP contribution is 2.22. The van der Waals surface area contributed by atoms with Crippen LogP contribution in [0.5, 0.6) is 5.75 Å². The zero-order valence-corrected chi connectivity index (χ0v) is 13.6. The van der Waals surface area contributed by atoms with E-state index in [-0.39, 0.29) is 6.03 Å². The van der Waals surface area contributed by atoms with E-state index in [1.807, 2.05) is 24.3 Å². The first-order chi connectivity index (χ1) is 11.2. The molecular weight excluding hydrogens is 288 g/mol. The van der Waals surface area contributed by atoms with E-state index in [1.165, 1.54) is 19.3 Å². The molecule has 2 aromatic rings. The number of hydrogen-bond acceptors (Lipinski definition) is 2. The maximum atomic E-state index is 12.0. The Balaban J connectivity index is 1.57. The topological polar surface area (TPSA) is 50.4 Å². The van der Waals surface area contributed by atoms with E-state index in [0.29, 0.717) is 12.6 Å². The molecule has 0 atom stereocenters. The maximum absolute atomic E-state index is 12.0. The molecule has 1 aliphatic rings. The smallest absolute Gasteiger partial charge is 0.315 e. The summed E-state index contributed by atoms with van der Waals surface area (Å²) >= 11 is 0. The van der Waals surface area contributed by atoms with E-state index >= 15 is 0 Å². The number of urea groups is 1. The summed E-state index contributed by atoms with van der Waals surface area (Å²) in [5.41, 5.74) is 1.10. The van der Waals surface area contributed by atoms with Gasteiger partial charge in [0.15, 0.2) is 0 Å². The fourth-order valence-corrected chi connectivity index (χ4v) is 3.18. The molecule has 23 heavy (non-hydrogen) atoms. The molecule has 0 radical (unpaired) electrons. The van der Waals surface area contributed by atoms with Crippen LogP contribution in [0.4, 0.5) is 4.79 Å². The number of carbonyl (C=O) groups excluding carboxylic acids is 1. The number of benzene rings is 2. The van der Waals surface area contributed by atoms with Crippen molar-refractivity contribution >= 4 is 16.8 Å². The lowest BCUT2D eigenvalue weighted by atomic mass is 9.96. The average molecular weight is 312 g/mol. The van der Waals surface area contributed by atoms with Crippen LogP contribution in [0.3, 0.4) is 0 Å². The van der Waals surface area contributed by atoms with Crippen LogP contribution in [0.1, 0.15) is 37.7 Å². The maximum Gasteiger partial charge on any atom is 0.315 e. The van der Waals surface area contributed by atoms with Crippen molar-refractivity contribution in [2.45, 2.75) is 44.7 Å². The third kappa shape index (κ3) is 4.15. The lowest BCUT2D eigenvalue weighted by Gasteiger charge is -2.22. The number of methoxy groups -OCH3 is 1. The van der Waals surface area contributed by atoms with Crippen molar-refractivity contribution in [3.63, 3.8) is 0 Å². The van der Waals surface area contributed by atoms with Gasteiger partial charge < -0.3 is 15.4 Å². The average Bonchev–Trinajstić information content (AvgIpc) is 2.60. The number of ether oxygens (including phenoxy) is 1. The predicted molar refractivity (Wildman–Crippen MR) is 92.7 cm³/mol. The first kappa shape index (κ1) is 15.7. The molecule has 3 rings (SSSR count). The Hall–Kier alpha value is -2.23. The minimum absolute atomic E-state index is 0.0632. The highest BCUT2D eigenvalue weighted by atomic mass is 16.5. The van der Waals surface area contributed by atoms with Crippen LogP contribution in [0, 0.1) is 0 Å². The van der Waals surface area contributed by atoms with E-state index in [9.17, 15) is 4.79 Å². The molecular formula is C19H24N2O2. The highest BCUT2D eigenvalue weighted by Gasteiger charge is 2.15. The summed E-state index contributed by atoms with van der Waals surface area (Å²) in [4.78, 5) is 12.0. The van der Waals surface area contributed by atoms with Crippen molar-refractivity contribution in [2.24, 2.45) is 0 Å². The van der Waals surface area contributed by atoms with Gasteiger partial charge in [0.2, 0.25) is 0 Å². The Labute approximate surface area is 137 Å². The zero-order valence-electron chi connectivity index (χ0n) is 13.6. The van der Waals surface area contributed by atoms with Crippen molar-refractivity contribution in [3.8, 4) is 5.75 Å². The van der Waals surface area contributed by atoms with E-state index in [1.54, 1.807) is 7.11 Å². The predicted octanol–water partition coefficient (Wildman–Crippen LogP) is 3.98. The molecule has 122 valence electrons. The molecule has 2 amide bonds. The Morgan fingerprint density at radius 1 is 1.09 bits per heavy atom. The Morgan fingerprint density at radius 3 is 2.61 bits per heavy atom. The number of carbonyl (C=O) groups is 1. The third-order valence-corrected chi connectivity index (χ3v) is 4.51. The SMILES string of the molecule is COc1ccc2cc(CNC(=O)NC3CCCCC3)ccc2c1. The Morgan fingerprint density at radius 2 is 1.83 bits per heavy atom. The van der Waals surface area contributed by atoms with Crippen molar-refractivity contribution in [2.75, 3.05) is 7.11 Å². The summed E-state index contributed by atoms with van der Waals surface area (Å²) in [7, 11) is 1.67. The number of amides is 2. The third-order valence-electron chi connectivity index (χ3n) is 4.51. The van der Waals surface area contributed by atoms with Gasteiger partial charge in [-0.15, -0.1) is 0 Å². The van der Waals surface area contributed by atoms with Crippen molar-refractivity contribution < 1.29 is 9.53 Å². The standard InChI is InChI=1S/C19H24N2O2/c1-23-18-10-9-15-11-14(7-8-16(15)12-18)13-20-19(22)21-17-5-3-2-4-6-17/h7-12,17H,2-6,13H2,1H3,(H2,20,21,22). The molecule has 1 saturated carbocycles. The van der Waals surface area contributed by atoms with Gasteiger partial charge in [-0.05, 0) is 47.4 Å². The molecule has 0 unspecified atom stereocenters. The van der Waals surface area contributed by atoms with E-state index in [4.69, 9.17) is 4.74 Å². The summed E-state index contributed by atoms with van der Waals surface area (Å²) in [5, 5.41) is 8.32. The van der Waals surface area contributed by atoms with Crippen molar-refractivity contribution in [1.29, 1.82) is 0 Å². The van der Waals surface area contributed by atoms with Crippen LogP contribution < -0.4 is 15.4 Å². The number of nitrogens with one attached hydrogen (secondary N) is 2. The van der Waals surface area contributed by atoms with Crippen LogP contribution in [0.25, 0.3) is 10.8 Å². The second-order valence-electron chi connectivity index (χ2n) is 6.21. The molecule has 1 fully saturated rings. The fraction of sp³-hybridized carbons (Fsp3) is 0.421.